The molecule has 0 aromatic heterocycles. The molecule has 0 bridgehead atoms. The summed E-state index contributed by atoms with van der Waals surface area (Å²) in [6.45, 7) is 7.37. The molecule has 1 N–H and O–H groups in total. The van der Waals surface area contributed by atoms with Crippen LogP contribution in [0.5, 0.6) is 0 Å². The average molecular weight is 461 g/mol. The number of aryl methyl sites for hydroxylation is 3. The van der Waals surface area contributed by atoms with Gasteiger partial charge in [-0.05, 0) is 62.4 Å². The first-order valence-electron chi connectivity index (χ1n) is 10.8. The Morgan fingerprint density at radius 2 is 1.71 bits per heavy atom. The Labute approximate surface area is 190 Å². The van der Waals surface area contributed by atoms with Crippen LogP contribution in [0.1, 0.15) is 35.1 Å². The van der Waals surface area contributed by atoms with Crippen LogP contribution in [0.4, 0.5) is 0 Å². The van der Waals surface area contributed by atoms with Crippen molar-refractivity contribution in [1.29, 1.82) is 0 Å². The molecule has 168 valence electrons. The van der Waals surface area contributed by atoms with Gasteiger partial charge < -0.3 is 5.32 Å². The topological polar surface area (TPSA) is 66.5 Å². The standard InChI is InChI=1S/C24H32N2O3S2/c1-18-4-7-21(8-5-18)17-30-15-12-25-24(27)22-10-13-26(14-11-22)31(28,29)23-9-6-19(2)20(3)16-23/h4-9,16,22H,10-15,17H2,1-3H3,(H,25,27). The fourth-order valence-corrected chi connectivity index (χ4v) is 6.02. The number of hydrogen-bond acceptors (Lipinski definition) is 4. The first-order chi connectivity index (χ1) is 14.8. The lowest BCUT2D eigenvalue weighted by atomic mass is 9.97. The van der Waals surface area contributed by atoms with Gasteiger partial charge in [-0.15, -0.1) is 0 Å². The highest BCUT2D eigenvalue weighted by Gasteiger charge is 2.32. The molecular weight excluding hydrogens is 428 g/mol. The minimum atomic E-state index is -3.51. The highest BCUT2D eigenvalue weighted by Crippen LogP contribution is 2.25. The molecule has 1 saturated heterocycles. The van der Waals surface area contributed by atoms with E-state index in [0.29, 0.717) is 37.4 Å². The molecule has 0 radical (unpaired) electrons. The quantitative estimate of drug-likeness (QED) is 0.603. The van der Waals surface area contributed by atoms with E-state index < -0.39 is 10.0 Å². The minimum absolute atomic E-state index is 0.0409. The van der Waals surface area contributed by atoms with Crippen LogP contribution in [0.3, 0.4) is 0 Å². The third-order valence-electron chi connectivity index (χ3n) is 5.88. The Bertz CT molecular complexity index is 996. The Balaban J connectivity index is 1.41. The fourth-order valence-electron chi connectivity index (χ4n) is 3.65. The van der Waals surface area contributed by atoms with E-state index >= 15 is 0 Å². The zero-order valence-electron chi connectivity index (χ0n) is 18.6. The van der Waals surface area contributed by atoms with Crippen LogP contribution in [0.2, 0.25) is 0 Å². The monoisotopic (exact) mass is 460 g/mol. The van der Waals surface area contributed by atoms with E-state index in [1.54, 1.807) is 23.9 Å². The minimum Gasteiger partial charge on any atom is -0.355 e. The molecule has 0 unspecified atom stereocenters. The molecule has 1 heterocycles. The lowest BCUT2D eigenvalue weighted by molar-refractivity contribution is -0.125. The molecule has 2 aromatic carbocycles. The molecule has 1 amide bonds. The van der Waals surface area contributed by atoms with E-state index in [1.807, 2.05) is 19.9 Å². The molecular formula is C24H32N2O3S2. The van der Waals surface area contributed by atoms with Crippen LogP contribution in [-0.4, -0.2) is 44.0 Å². The number of carbonyl (C=O) groups excluding carboxylic acids is 1. The third kappa shape index (κ3) is 6.34. The van der Waals surface area contributed by atoms with Crippen molar-refractivity contribution in [1.82, 2.24) is 9.62 Å². The smallest absolute Gasteiger partial charge is 0.243 e. The summed E-state index contributed by atoms with van der Waals surface area (Å²) in [5.41, 5.74) is 4.59. The zero-order chi connectivity index (χ0) is 22.4. The number of amides is 1. The summed E-state index contributed by atoms with van der Waals surface area (Å²) >= 11 is 1.80. The average Bonchev–Trinajstić information content (AvgIpc) is 2.76. The predicted molar refractivity (Wildman–Crippen MR) is 128 cm³/mol. The number of nitrogens with one attached hydrogen (secondary N) is 1. The van der Waals surface area contributed by atoms with E-state index in [0.717, 1.165) is 22.6 Å². The summed E-state index contributed by atoms with van der Waals surface area (Å²) in [7, 11) is -3.51. The van der Waals surface area contributed by atoms with Crippen molar-refractivity contribution in [3.05, 3.63) is 64.7 Å². The van der Waals surface area contributed by atoms with Gasteiger partial charge in [0.1, 0.15) is 0 Å². The van der Waals surface area contributed by atoms with E-state index in [4.69, 9.17) is 0 Å². The normalized spacial score (nSPS) is 15.7. The van der Waals surface area contributed by atoms with Gasteiger partial charge in [0.05, 0.1) is 4.90 Å². The summed E-state index contributed by atoms with van der Waals surface area (Å²) < 4.78 is 27.4. The third-order valence-corrected chi connectivity index (χ3v) is 8.80. The maximum absolute atomic E-state index is 12.9. The van der Waals surface area contributed by atoms with Gasteiger partial charge in [0.2, 0.25) is 15.9 Å². The summed E-state index contributed by atoms with van der Waals surface area (Å²) in [5.74, 6) is 1.72. The molecule has 1 aliphatic heterocycles. The Morgan fingerprint density at radius 1 is 1.03 bits per heavy atom. The van der Waals surface area contributed by atoms with Crippen LogP contribution in [0.15, 0.2) is 47.4 Å². The Kier molecular flexibility index (Phi) is 8.19. The summed E-state index contributed by atoms with van der Waals surface area (Å²) in [6, 6.07) is 13.8. The first-order valence-corrected chi connectivity index (χ1v) is 13.4. The van der Waals surface area contributed by atoms with Crippen molar-refractivity contribution in [2.24, 2.45) is 5.92 Å². The molecule has 2 aromatic rings. The van der Waals surface area contributed by atoms with Crippen molar-refractivity contribution in [3.63, 3.8) is 0 Å². The molecule has 31 heavy (non-hydrogen) atoms. The molecule has 1 aliphatic rings. The van der Waals surface area contributed by atoms with Crippen LogP contribution in [-0.2, 0) is 20.6 Å². The van der Waals surface area contributed by atoms with Crippen molar-refractivity contribution < 1.29 is 13.2 Å². The van der Waals surface area contributed by atoms with Gasteiger partial charge >= 0.3 is 0 Å². The SMILES string of the molecule is Cc1ccc(CSCCNC(=O)C2CCN(S(=O)(=O)c3ccc(C)c(C)c3)CC2)cc1. The van der Waals surface area contributed by atoms with Crippen molar-refractivity contribution in [2.75, 3.05) is 25.4 Å². The molecule has 0 saturated carbocycles. The van der Waals surface area contributed by atoms with E-state index in [1.165, 1.54) is 15.4 Å². The zero-order valence-corrected chi connectivity index (χ0v) is 20.2. The van der Waals surface area contributed by atoms with Gasteiger partial charge in [0.15, 0.2) is 0 Å². The van der Waals surface area contributed by atoms with Gasteiger partial charge in [-0.1, -0.05) is 35.9 Å². The van der Waals surface area contributed by atoms with Crippen LogP contribution >= 0.6 is 11.8 Å². The molecule has 0 atom stereocenters. The Hall–Kier alpha value is -1.83. The van der Waals surface area contributed by atoms with Crippen LogP contribution in [0.25, 0.3) is 0 Å². The van der Waals surface area contributed by atoms with Crippen LogP contribution in [0, 0.1) is 26.7 Å². The second-order valence-corrected chi connectivity index (χ2v) is 11.3. The fraction of sp³-hybridized carbons (Fsp3) is 0.458. The highest BCUT2D eigenvalue weighted by molar-refractivity contribution is 7.98. The summed E-state index contributed by atoms with van der Waals surface area (Å²) in [5, 5.41) is 3.02. The van der Waals surface area contributed by atoms with Crippen LogP contribution < -0.4 is 5.32 Å². The molecule has 0 spiro atoms. The molecule has 5 nitrogen and oxygen atoms in total. The highest BCUT2D eigenvalue weighted by atomic mass is 32.2. The first kappa shape index (κ1) is 23.8. The van der Waals surface area contributed by atoms with Gasteiger partial charge in [0.25, 0.3) is 0 Å². The molecule has 3 rings (SSSR count). The number of benzene rings is 2. The van der Waals surface area contributed by atoms with Gasteiger partial charge in [-0.25, -0.2) is 8.42 Å². The van der Waals surface area contributed by atoms with Crippen molar-refractivity contribution in [2.45, 2.75) is 44.3 Å². The lowest BCUT2D eigenvalue weighted by Gasteiger charge is -2.30. The van der Waals surface area contributed by atoms with E-state index in [-0.39, 0.29) is 11.8 Å². The number of hydrogen-bond donors (Lipinski definition) is 1. The lowest BCUT2D eigenvalue weighted by Crippen LogP contribution is -2.43. The van der Waals surface area contributed by atoms with Gasteiger partial charge in [0, 0.05) is 37.1 Å². The van der Waals surface area contributed by atoms with Gasteiger partial charge in [-0.2, -0.15) is 16.1 Å². The van der Waals surface area contributed by atoms with E-state index in [9.17, 15) is 13.2 Å². The number of sulfonamides is 1. The number of nitrogens with zero attached hydrogens (tertiary/aromatic N) is 1. The van der Waals surface area contributed by atoms with Gasteiger partial charge in [-0.3, -0.25) is 4.79 Å². The molecule has 0 aliphatic carbocycles. The largest absolute Gasteiger partial charge is 0.355 e. The number of piperidine rings is 1. The van der Waals surface area contributed by atoms with Crippen molar-refractivity contribution >= 4 is 27.7 Å². The second kappa shape index (κ2) is 10.7. The van der Waals surface area contributed by atoms with Crippen molar-refractivity contribution in [3.8, 4) is 0 Å². The van der Waals surface area contributed by atoms with E-state index in [2.05, 4.69) is 36.5 Å². The molecule has 7 heteroatoms. The Morgan fingerprint density at radius 3 is 2.35 bits per heavy atom. The number of rotatable bonds is 8. The number of carbonyl (C=O) groups is 1. The molecule has 1 fully saturated rings. The predicted octanol–water partition coefficient (Wildman–Crippen LogP) is 4.06. The summed E-state index contributed by atoms with van der Waals surface area (Å²) in [6.07, 6.45) is 1.12. The summed E-state index contributed by atoms with van der Waals surface area (Å²) in [4.78, 5) is 12.8. The second-order valence-electron chi connectivity index (χ2n) is 8.25. The number of thioether (sulfide) groups is 1. The maximum Gasteiger partial charge on any atom is 0.243 e. The maximum atomic E-state index is 12.9.